The Hall–Kier alpha value is -1.13. The number of hydrogen-bond acceptors (Lipinski definition) is 4. The Morgan fingerprint density at radius 1 is 1.47 bits per heavy atom. The summed E-state index contributed by atoms with van der Waals surface area (Å²) in [5.74, 6) is 0. The van der Waals surface area contributed by atoms with Crippen LogP contribution in [0, 0.1) is 0 Å². The van der Waals surface area contributed by atoms with E-state index in [1.807, 2.05) is 12.1 Å². The maximum atomic E-state index is 5.62. The molecule has 1 aromatic heterocycles. The van der Waals surface area contributed by atoms with E-state index >= 15 is 0 Å². The lowest BCUT2D eigenvalue weighted by Crippen LogP contribution is -2.53. The Kier molecular flexibility index (Phi) is 3.64. The molecule has 2 rings (SSSR count). The predicted octanol–water partition coefficient (Wildman–Crippen LogP) is 1.32. The van der Waals surface area contributed by atoms with Crippen LogP contribution in [0.3, 0.4) is 0 Å². The van der Waals surface area contributed by atoms with Crippen molar-refractivity contribution >= 4 is 5.69 Å². The highest BCUT2D eigenvalue weighted by molar-refractivity contribution is 5.34. The third-order valence-corrected chi connectivity index (χ3v) is 3.30. The molecule has 2 N–H and O–H groups in total. The Morgan fingerprint density at radius 2 is 2.29 bits per heavy atom. The van der Waals surface area contributed by atoms with Gasteiger partial charge >= 0.3 is 0 Å². The second kappa shape index (κ2) is 5.02. The molecule has 17 heavy (non-hydrogen) atoms. The summed E-state index contributed by atoms with van der Waals surface area (Å²) in [6.45, 7) is 8.11. The average molecular weight is 235 g/mol. The van der Waals surface area contributed by atoms with E-state index in [9.17, 15) is 0 Å². The molecule has 0 atom stereocenters. The van der Waals surface area contributed by atoms with Gasteiger partial charge in [0.1, 0.15) is 0 Å². The Balaban J connectivity index is 1.91. The lowest BCUT2D eigenvalue weighted by Gasteiger charge is -2.42. The van der Waals surface area contributed by atoms with Crippen LogP contribution in [0.1, 0.15) is 19.5 Å². The van der Waals surface area contributed by atoms with E-state index in [-0.39, 0.29) is 5.54 Å². The minimum atomic E-state index is 0.131. The van der Waals surface area contributed by atoms with Gasteiger partial charge in [-0.2, -0.15) is 0 Å². The van der Waals surface area contributed by atoms with Gasteiger partial charge in [-0.05, 0) is 26.0 Å². The van der Waals surface area contributed by atoms with Crippen LogP contribution in [-0.4, -0.2) is 41.7 Å². The average Bonchev–Trinajstić information content (AvgIpc) is 2.29. The van der Waals surface area contributed by atoms with Gasteiger partial charge in [-0.1, -0.05) is 0 Å². The summed E-state index contributed by atoms with van der Waals surface area (Å²) in [6, 6.07) is 3.91. The molecule has 0 aromatic carbocycles. The van der Waals surface area contributed by atoms with Crippen LogP contribution in [0.5, 0.6) is 0 Å². The highest BCUT2D eigenvalue weighted by Gasteiger charge is 2.29. The minimum absolute atomic E-state index is 0.131. The molecule has 0 spiro atoms. The van der Waals surface area contributed by atoms with Crippen molar-refractivity contribution in [3.05, 3.63) is 24.0 Å². The normalized spacial score (nSPS) is 20.4. The van der Waals surface area contributed by atoms with Gasteiger partial charge in [-0.25, -0.2) is 0 Å². The number of morpholine rings is 1. The number of rotatable bonds is 3. The van der Waals surface area contributed by atoms with Gasteiger partial charge in [0.2, 0.25) is 0 Å². The molecule has 0 amide bonds. The fourth-order valence-electron chi connectivity index (χ4n) is 2.14. The van der Waals surface area contributed by atoms with Gasteiger partial charge in [0.15, 0.2) is 0 Å². The van der Waals surface area contributed by atoms with Gasteiger partial charge in [-0.15, -0.1) is 0 Å². The molecule has 0 radical (unpaired) electrons. The van der Waals surface area contributed by atoms with Gasteiger partial charge in [0.25, 0.3) is 0 Å². The van der Waals surface area contributed by atoms with Gasteiger partial charge < -0.3 is 10.5 Å². The maximum absolute atomic E-state index is 5.62. The van der Waals surface area contributed by atoms with E-state index in [4.69, 9.17) is 10.5 Å². The van der Waals surface area contributed by atoms with Crippen molar-refractivity contribution in [3.63, 3.8) is 0 Å². The molecule has 1 saturated heterocycles. The molecule has 0 bridgehead atoms. The molecule has 1 aromatic rings. The van der Waals surface area contributed by atoms with Gasteiger partial charge in [-0.3, -0.25) is 9.88 Å². The predicted molar refractivity (Wildman–Crippen MR) is 68.8 cm³/mol. The highest BCUT2D eigenvalue weighted by atomic mass is 16.5. The van der Waals surface area contributed by atoms with Crippen molar-refractivity contribution in [1.29, 1.82) is 0 Å². The number of pyridine rings is 1. The fourth-order valence-corrected chi connectivity index (χ4v) is 2.14. The van der Waals surface area contributed by atoms with E-state index in [1.54, 1.807) is 6.20 Å². The molecule has 1 fully saturated rings. The second-order valence-corrected chi connectivity index (χ2v) is 5.18. The molecule has 1 aliphatic rings. The molecule has 4 heteroatoms. The summed E-state index contributed by atoms with van der Waals surface area (Å²) >= 11 is 0. The zero-order chi connectivity index (χ0) is 12.3. The van der Waals surface area contributed by atoms with Gasteiger partial charge in [0.05, 0.1) is 25.1 Å². The fraction of sp³-hybridized carbons (Fsp3) is 0.615. The largest absolute Gasteiger partial charge is 0.397 e. The van der Waals surface area contributed by atoms with Crippen molar-refractivity contribution in [3.8, 4) is 0 Å². The summed E-state index contributed by atoms with van der Waals surface area (Å²) in [7, 11) is 0. The van der Waals surface area contributed by atoms with E-state index in [0.29, 0.717) is 0 Å². The number of hydrogen-bond donors (Lipinski definition) is 1. The summed E-state index contributed by atoms with van der Waals surface area (Å²) in [5, 5.41) is 0. The van der Waals surface area contributed by atoms with Crippen LogP contribution in [0.4, 0.5) is 5.69 Å². The maximum Gasteiger partial charge on any atom is 0.0645 e. The SMILES string of the molecule is CC1(C)COCCN1CCc1ccc(N)cn1. The van der Waals surface area contributed by atoms with Crippen LogP contribution in [0.15, 0.2) is 18.3 Å². The first-order valence-corrected chi connectivity index (χ1v) is 6.11. The van der Waals surface area contributed by atoms with E-state index in [0.717, 1.165) is 44.1 Å². The van der Waals surface area contributed by atoms with E-state index < -0.39 is 0 Å². The van der Waals surface area contributed by atoms with Crippen LogP contribution in [0.25, 0.3) is 0 Å². The Bertz CT molecular complexity index is 361. The van der Waals surface area contributed by atoms with Crippen LogP contribution < -0.4 is 5.73 Å². The molecule has 0 saturated carbocycles. The first kappa shape index (κ1) is 12.3. The van der Waals surface area contributed by atoms with Crippen molar-refractivity contribution < 1.29 is 4.74 Å². The monoisotopic (exact) mass is 235 g/mol. The van der Waals surface area contributed by atoms with Gasteiger partial charge in [0, 0.05) is 30.7 Å². The molecule has 1 aliphatic heterocycles. The summed E-state index contributed by atoms with van der Waals surface area (Å²) in [6.07, 6.45) is 2.68. The third kappa shape index (κ3) is 3.17. The van der Waals surface area contributed by atoms with E-state index in [2.05, 4.69) is 23.7 Å². The number of anilines is 1. The lowest BCUT2D eigenvalue weighted by molar-refractivity contribution is -0.0502. The number of nitrogens with two attached hydrogens (primary N) is 1. The minimum Gasteiger partial charge on any atom is -0.397 e. The van der Waals surface area contributed by atoms with Crippen molar-refractivity contribution in [2.45, 2.75) is 25.8 Å². The molecule has 4 nitrogen and oxygen atoms in total. The number of nitrogens with zero attached hydrogens (tertiary/aromatic N) is 2. The molecular weight excluding hydrogens is 214 g/mol. The zero-order valence-electron chi connectivity index (χ0n) is 10.6. The quantitative estimate of drug-likeness (QED) is 0.858. The molecule has 0 unspecified atom stereocenters. The summed E-state index contributed by atoms with van der Waals surface area (Å²) in [4.78, 5) is 6.79. The van der Waals surface area contributed by atoms with Crippen LogP contribution in [-0.2, 0) is 11.2 Å². The first-order valence-electron chi connectivity index (χ1n) is 6.11. The summed E-state index contributed by atoms with van der Waals surface area (Å²) < 4.78 is 5.51. The Morgan fingerprint density at radius 3 is 2.94 bits per heavy atom. The number of ether oxygens (including phenoxy) is 1. The van der Waals surface area contributed by atoms with Crippen LogP contribution >= 0.6 is 0 Å². The molecule has 2 heterocycles. The highest BCUT2D eigenvalue weighted by Crippen LogP contribution is 2.19. The molecule has 0 aliphatic carbocycles. The summed E-state index contributed by atoms with van der Waals surface area (Å²) in [5.41, 5.74) is 7.57. The number of nitrogen functional groups attached to an aromatic ring is 1. The molecular formula is C13H21N3O. The van der Waals surface area contributed by atoms with E-state index in [1.165, 1.54) is 0 Å². The first-order chi connectivity index (χ1) is 8.08. The van der Waals surface area contributed by atoms with Crippen molar-refractivity contribution in [1.82, 2.24) is 9.88 Å². The third-order valence-electron chi connectivity index (χ3n) is 3.30. The second-order valence-electron chi connectivity index (χ2n) is 5.18. The van der Waals surface area contributed by atoms with Crippen LogP contribution in [0.2, 0.25) is 0 Å². The standard InChI is InChI=1S/C13H21N3O/c1-13(2)10-17-8-7-16(13)6-5-12-4-3-11(14)9-15-12/h3-4,9H,5-8,10,14H2,1-2H3. The number of aromatic nitrogens is 1. The van der Waals surface area contributed by atoms with Crippen molar-refractivity contribution in [2.75, 3.05) is 32.0 Å². The lowest BCUT2D eigenvalue weighted by atomic mass is 10.0. The topological polar surface area (TPSA) is 51.4 Å². The molecule has 94 valence electrons. The smallest absolute Gasteiger partial charge is 0.0645 e. The zero-order valence-corrected chi connectivity index (χ0v) is 10.6. The van der Waals surface area contributed by atoms with Crippen molar-refractivity contribution in [2.24, 2.45) is 0 Å². The Labute approximate surface area is 103 Å².